The second-order valence-electron chi connectivity index (χ2n) is 5.83. The lowest BCUT2D eigenvalue weighted by Gasteiger charge is -2.32. The summed E-state index contributed by atoms with van der Waals surface area (Å²) in [7, 11) is 0. The molecule has 86 valence electrons. The third-order valence-electron chi connectivity index (χ3n) is 5.00. The van der Waals surface area contributed by atoms with Crippen LogP contribution < -0.4 is 5.32 Å². The molecule has 3 aliphatic rings. The van der Waals surface area contributed by atoms with E-state index < -0.39 is 0 Å². The summed E-state index contributed by atoms with van der Waals surface area (Å²) in [5.41, 5.74) is 0. The number of fused-ring (bicyclic) bond motifs is 1. The molecule has 15 heavy (non-hydrogen) atoms. The molecule has 0 spiro atoms. The van der Waals surface area contributed by atoms with Gasteiger partial charge in [0, 0.05) is 18.6 Å². The van der Waals surface area contributed by atoms with Crippen molar-refractivity contribution in [2.75, 3.05) is 19.6 Å². The third kappa shape index (κ3) is 1.62. The number of nitrogens with zero attached hydrogens (tertiary/aromatic N) is 1. The van der Waals surface area contributed by atoms with Gasteiger partial charge in [0.05, 0.1) is 0 Å². The van der Waals surface area contributed by atoms with Gasteiger partial charge in [-0.2, -0.15) is 0 Å². The molecule has 3 fully saturated rings. The van der Waals surface area contributed by atoms with Gasteiger partial charge in [0.2, 0.25) is 0 Å². The van der Waals surface area contributed by atoms with Crippen LogP contribution in [0.25, 0.3) is 0 Å². The van der Waals surface area contributed by atoms with Gasteiger partial charge in [-0.1, -0.05) is 6.92 Å². The van der Waals surface area contributed by atoms with Gasteiger partial charge in [0.1, 0.15) is 0 Å². The highest BCUT2D eigenvalue weighted by Crippen LogP contribution is 2.42. The summed E-state index contributed by atoms with van der Waals surface area (Å²) < 4.78 is 0. The zero-order valence-electron chi connectivity index (χ0n) is 10.1. The summed E-state index contributed by atoms with van der Waals surface area (Å²) in [4.78, 5) is 2.84. The normalized spacial score (nSPS) is 43.2. The van der Waals surface area contributed by atoms with Crippen LogP contribution in [0.1, 0.15) is 33.1 Å². The number of hydrogen-bond donors (Lipinski definition) is 1. The van der Waals surface area contributed by atoms with E-state index in [1.165, 1.54) is 38.9 Å². The van der Waals surface area contributed by atoms with Crippen LogP contribution in [0, 0.1) is 17.8 Å². The molecule has 1 N–H and O–H groups in total. The minimum absolute atomic E-state index is 0.862. The minimum atomic E-state index is 0.862. The van der Waals surface area contributed by atoms with Crippen molar-refractivity contribution in [3.8, 4) is 0 Å². The van der Waals surface area contributed by atoms with Crippen molar-refractivity contribution in [1.29, 1.82) is 0 Å². The van der Waals surface area contributed by atoms with Crippen molar-refractivity contribution in [2.45, 2.75) is 45.2 Å². The van der Waals surface area contributed by atoms with Crippen molar-refractivity contribution in [3.05, 3.63) is 0 Å². The summed E-state index contributed by atoms with van der Waals surface area (Å²) in [6.07, 6.45) is 4.32. The van der Waals surface area contributed by atoms with E-state index in [4.69, 9.17) is 0 Å². The van der Waals surface area contributed by atoms with E-state index in [0.717, 1.165) is 29.8 Å². The van der Waals surface area contributed by atoms with Crippen molar-refractivity contribution < 1.29 is 0 Å². The quantitative estimate of drug-likeness (QED) is 0.759. The Morgan fingerprint density at radius 1 is 1.33 bits per heavy atom. The summed E-state index contributed by atoms with van der Waals surface area (Å²) in [6, 6.07) is 1.74. The molecule has 0 radical (unpaired) electrons. The van der Waals surface area contributed by atoms with Gasteiger partial charge < -0.3 is 5.32 Å². The van der Waals surface area contributed by atoms with Crippen LogP contribution in [-0.2, 0) is 0 Å². The largest absolute Gasteiger partial charge is 0.316 e. The van der Waals surface area contributed by atoms with Crippen LogP contribution in [0.2, 0.25) is 0 Å². The molecule has 0 aromatic heterocycles. The first-order valence-corrected chi connectivity index (χ1v) is 6.77. The lowest BCUT2D eigenvalue weighted by atomic mass is 9.92. The van der Waals surface area contributed by atoms with E-state index >= 15 is 0 Å². The van der Waals surface area contributed by atoms with Crippen molar-refractivity contribution in [3.63, 3.8) is 0 Å². The Kier molecular flexibility index (Phi) is 2.52. The smallest absolute Gasteiger partial charge is 0.0140 e. The molecule has 0 aromatic carbocycles. The number of likely N-dealkylation sites (tertiary alicyclic amines) is 1. The van der Waals surface area contributed by atoms with Gasteiger partial charge in [0.15, 0.2) is 0 Å². The van der Waals surface area contributed by atoms with Crippen LogP contribution in [0.4, 0.5) is 0 Å². The lowest BCUT2D eigenvalue weighted by Crippen LogP contribution is -2.42. The number of hydrogen-bond acceptors (Lipinski definition) is 2. The van der Waals surface area contributed by atoms with Crippen LogP contribution >= 0.6 is 0 Å². The Morgan fingerprint density at radius 3 is 2.80 bits per heavy atom. The van der Waals surface area contributed by atoms with Crippen molar-refractivity contribution in [2.24, 2.45) is 17.8 Å². The maximum Gasteiger partial charge on any atom is 0.0140 e. The zero-order chi connectivity index (χ0) is 10.4. The van der Waals surface area contributed by atoms with Crippen LogP contribution in [0.5, 0.6) is 0 Å². The minimum Gasteiger partial charge on any atom is -0.316 e. The molecule has 0 amide bonds. The van der Waals surface area contributed by atoms with E-state index in [-0.39, 0.29) is 0 Å². The monoisotopic (exact) mass is 208 g/mol. The first-order chi connectivity index (χ1) is 7.31. The van der Waals surface area contributed by atoms with Gasteiger partial charge in [-0.05, 0) is 57.0 Å². The summed E-state index contributed by atoms with van der Waals surface area (Å²) in [6.45, 7) is 8.76. The molecule has 2 nitrogen and oxygen atoms in total. The van der Waals surface area contributed by atoms with Crippen LogP contribution in [-0.4, -0.2) is 36.6 Å². The van der Waals surface area contributed by atoms with E-state index in [1.54, 1.807) is 0 Å². The van der Waals surface area contributed by atoms with E-state index in [9.17, 15) is 0 Å². The van der Waals surface area contributed by atoms with E-state index in [2.05, 4.69) is 24.1 Å². The molecule has 4 atom stereocenters. The highest BCUT2D eigenvalue weighted by atomic mass is 15.2. The fourth-order valence-corrected chi connectivity index (χ4v) is 3.91. The average Bonchev–Trinajstić information content (AvgIpc) is 2.88. The van der Waals surface area contributed by atoms with Gasteiger partial charge in [-0.15, -0.1) is 0 Å². The molecule has 0 aromatic rings. The predicted molar refractivity (Wildman–Crippen MR) is 62.8 cm³/mol. The molecule has 0 bridgehead atoms. The number of rotatable bonds is 3. The Balaban J connectivity index is 1.72. The molecule has 2 aliphatic heterocycles. The molecule has 2 saturated heterocycles. The maximum atomic E-state index is 3.57. The van der Waals surface area contributed by atoms with Gasteiger partial charge in [0.25, 0.3) is 0 Å². The molecular formula is C13H24N2. The Bertz CT molecular complexity index is 237. The molecule has 2 heteroatoms. The van der Waals surface area contributed by atoms with E-state index in [0.29, 0.717) is 0 Å². The Hall–Kier alpha value is -0.0800. The molecule has 1 saturated carbocycles. The maximum absolute atomic E-state index is 3.57. The zero-order valence-corrected chi connectivity index (χ0v) is 10.1. The third-order valence-corrected chi connectivity index (χ3v) is 5.00. The molecule has 3 rings (SSSR count). The topological polar surface area (TPSA) is 15.3 Å². The van der Waals surface area contributed by atoms with Gasteiger partial charge in [-0.3, -0.25) is 4.90 Å². The predicted octanol–water partition coefficient (Wildman–Crippen LogP) is 1.71. The first-order valence-electron chi connectivity index (χ1n) is 6.77. The van der Waals surface area contributed by atoms with Crippen LogP contribution in [0.3, 0.4) is 0 Å². The summed E-state index contributed by atoms with van der Waals surface area (Å²) in [5, 5.41) is 3.57. The first kappa shape index (κ1) is 10.1. The number of nitrogens with one attached hydrogen (secondary N) is 1. The van der Waals surface area contributed by atoms with Crippen molar-refractivity contribution >= 4 is 0 Å². The molecule has 2 heterocycles. The summed E-state index contributed by atoms with van der Waals surface area (Å²) >= 11 is 0. The second-order valence-corrected chi connectivity index (χ2v) is 5.83. The van der Waals surface area contributed by atoms with E-state index in [1.807, 2.05) is 0 Å². The highest BCUT2D eigenvalue weighted by Gasteiger charge is 2.46. The molecule has 4 unspecified atom stereocenters. The fraction of sp³-hybridized carbons (Fsp3) is 1.00. The second kappa shape index (κ2) is 3.74. The average molecular weight is 208 g/mol. The molecule has 1 aliphatic carbocycles. The summed E-state index contributed by atoms with van der Waals surface area (Å²) in [5.74, 6) is 2.94. The lowest BCUT2D eigenvalue weighted by molar-refractivity contribution is 0.149. The van der Waals surface area contributed by atoms with Gasteiger partial charge in [-0.25, -0.2) is 0 Å². The molecular weight excluding hydrogens is 184 g/mol. The fourth-order valence-electron chi connectivity index (χ4n) is 3.91. The Labute approximate surface area is 93.4 Å². The Morgan fingerprint density at radius 2 is 2.13 bits per heavy atom. The van der Waals surface area contributed by atoms with Gasteiger partial charge >= 0.3 is 0 Å². The van der Waals surface area contributed by atoms with Crippen LogP contribution in [0.15, 0.2) is 0 Å². The highest BCUT2D eigenvalue weighted by molar-refractivity contribution is 5.01. The standard InChI is InChI=1S/C13H24N2/c1-3-13-12-7-14-6-11(12)8-15(13)9(2)10-4-5-10/h9-14H,3-8H2,1-2H3. The van der Waals surface area contributed by atoms with Crippen molar-refractivity contribution in [1.82, 2.24) is 10.2 Å². The SMILES string of the molecule is CCC1C2CNCC2CN1C(C)C1CC1.